The Balaban J connectivity index is 1.63. The van der Waals surface area contributed by atoms with Gasteiger partial charge in [-0.25, -0.2) is 4.99 Å². The highest BCUT2D eigenvalue weighted by Gasteiger charge is 2.35. The van der Waals surface area contributed by atoms with Crippen LogP contribution in [0.15, 0.2) is 89.9 Å². The van der Waals surface area contributed by atoms with E-state index in [9.17, 15) is 5.11 Å². The van der Waals surface area contributed by atoms with Crippen LogP contribution in [0.5, 0.6) is 5.75 Å². The quantitative estimate of drug-likeness (QED) is 0.476. The average Bonchev–Trinajstić information content (AvgIpc) is 3.16. The molecule has 0 spiro atoms. The second kappa shape index (κ2) is 9.50. The number of hydrogen-bond donors (Lipinski definition) is 2. The van der Waals surface area contributed by atoms with Crippen LogP contribution in [0.2, 0.25) is 0 Å². The molecule has 0 radical (unpaired) electrons. The topological polar surface area (TPSA) is 59.0 Å². The van der Waals surface area contributed by atoms with Crippen LogP contribution in [0.25, 0.3) is 0 Å². The summed E-state index contributed by atoms with van der Waals surface area (Å²) < 4.78 is 5.24. The number of thioether (sulfide) groups is 1. The highest BCUT2D eigenvalue weighted by atomic mass is 32.2. The van der Waals surface area contributed by atoms with Crippen molar-refractivity contribution in [1.29, 1.82) is 0 Å². The molecule has 1 aliphatic rings. The first-order chi connectivity index (χ1) is 14.7. The molecule has 2 N–H and O–H groups in total. The van der Waals surface area contributed by atoms with Gasteiger partial charge in [0.25, 0.3) is 0 Å². The summed E-state index contributed by atoms with van der Waals surface area (Å²) >= 11 is 1.68. The zero-order valence-corrected chi connectivity index (χ0v) is 17.5. The lowest BCUT2D eigenvalue weighted by Gasteiger charge is -2.20. The summed E-state index contributed by atoms with van der Waals surface area (Å²) in [5.74, 6) is 1.75. The van der Waals surface area contributed by atoms with Crippen molar-refractivity contribution in [2.45, 2.75) is 12.7 Å². The van der Waals surface area contributed by atoms with Crippen molar-refractivity contribution in [3.05, 3.63) is 96.1 Å². The van der Waals surface area contributed by atoms with E-state index in [4.69, 9.17) is 9.73 Å². The molecular formula is C24H24N3O2S+. The summed E-state index contributed by atoms with van der Waals surface area (Å²) in [6.45, 7) is 0.697. The fourth-order valence-electron chi connectivity index (χ4n) is 3.24. The van der Waals surface area contributed by atoms with E-state index in [0.717, 1.165) is 27.9 Å². The van der Waals surface area contributed by atoms with E-state index in [0.29, 0.717) is 6.54 Å². The lowest BCUT2D eigenvalue weighted by Crippen LogP contribution is -2.84. The Morgan fingerprint density at radius 1 is 1.03 bits per heavy atom. The van der Waals surface area contributed by atoms with Crippen molar-refractivity contribution < 1.29 is 14.8 Å². The Hall–Kier alpha value is -3.25. The van der Waals surface area contributed by atoms with Gasteiger partial charge in [-0.15, -0.1) is 0 Å². The van der Waals surface area contributed by atoms with Crippen LogP contribution in [-0.2, 0) is 6.54 Å². The first-order valence-corrected chi connectivity index (χ1v) is 10.8. The molecule has 3 aromatic rings. The number of hydrogen-bond acceptors (Lipinski definition) is 3. The van der Waals surface area contributed by atoms with Gasteiger partial charge in [-0.1, -0.05) is 60.3 Å². The number of ether oxygens (including phenoxy) is 1. The van der Waals surface area contributed by atoms with Crippen LogP contribution in [0.3, 0.4) is 0 Å². The third kappa shape index (κ3) is 4.83. The number of amidine groups is 1. The van der Waals surface area contributed by atoms with Crippen LogP contribution < -0.4 is 9.73 Å². The van der Waals surface area contributed by atoms with Crippen LogP contribution in [0.1, 0.15) is 11.1 Å². The standard InChI is InChI=1S/C24H23N3O2S/c1-29-21-14-12-20(13-15-21)25-24-27(16-18-8-4-2-5-9-18)22(17-30-24)26-23(28)19-10-6-3-7-11-19/h2-15,22H,16-17H2,1H3,(H,26,28)/p+1. The number of nitrogens with zero attached hydrogens (tertiary/aromatic N) is 2. The van der Waals surface area contributed by atoms with Crippen LogP contribution in [0, 0.1) is 0 Å². The van der Waals surface area contributed by atoms with Gasteiger partial charge in [0.1, 0.15) is 5.75 Å². The number of nitrogens with one attached hydrogen (secondary N) is 1. The Kier molecular flexibility index (Phi) is 6.35. The Morgan fingerprint density at radius 2 is 1.70 bits per heavy atom. The molecule has 5 nitrogen and oxygen atoms in total. The molecule has 152 valence electrons. The van der Waals surface area contributed by atoms with Gasteiger partial charge in [-0.3, -0.25) is 4.90 Å². The van der Waals surface area contributed by atoms with E-state index in [1.165, 1.54) is 5.56 Å². The molecule has 4 rings (SSSR count). The van der Waals surface area contributed by atoms with Crippen molar-refractivity contribution in [3.63, 3.8) is 0 Å². The smallest absolute Gasteiger partial charge is 0.367 e. The molecule has 3 aromatic carbocycles. The number of aliphatic hydroxyl groups is 1. The summed E-state index contributed by atoms with van der Waals surface area (Å²) in [4.78, 5) is 10.3. The molecule has 30 heavy (non-hydrogen) atoms. The van der Waals surface area contributed by atoms with Gasteiger partial charge in [-0.2, -0.15) is 4.99 Å². The van der Waals surface area contributed by atoms with E-state index in [1.54, 1.807) is 18.9 Å². The zero-order valence-electron chi connectivity index (χ0n) is 16.7. The van der Waals surface area contributed by atoms with Crippen molar-refractivity contribution in [3.8, 4) is 5.75 Å². The van der Waals surface area contributed by atoms with E-state index in [-0.39, 0.29) is 12.1 Å². The highest BCUT2D eigenvalue weighted by molar-refractivity contribution is 8.14. The van der Waals surface area contributed by atoms with Gasteiger partial charge < -0.3 is 9.84 Å². The molecule has 1 heterocycles. The third-order valence-electron chi connectivity index (χ3n) is 4.84. The fraction of sp³-hybridized carbons (Fsp3) is 0.167. The van der Waals surface area contributed by atoms with Crippen LogP contribution in [-0.4, -0.2) is 40.1 Å². The molecule has 1 aliphatic heterocycles. The highest BCUT2D eigenvalue weighted by Crippen LogP contribution is 2.27. The van der Waals surface area contributed by atoms with Gasteiger partial charge in [0.2, 0.25) is 6.17 Å². The van der Waals surface area contributed by atoms with Crippen molar-refractivity contribution in [1.82, 2.24) is 4.90 Å². The first-order valence-electron chi connectivity index (χ1n) is 9.77. The molecule has 0 saturated carbocycles. The molecular weight excluding hydrogens is 394 g/mol. The number of methoxy groups -OCH3 is 1. The minimum absolute atomic E-state index is 0.0765. The SMILES string of the molecule is COc1ccc(N=C2SCC([NH+]=C(O)c3ccccc3)N2Cc2ccccc2)cc1. The molecule has 6 heteroatoms. The van der Waals surface area contributed by atoms with Gasteiger partial charge in [0.05, 0.1) is 30.7 Å². The monoisotopic (exact) mass is 418 g/mol. The minimum Gasteiger partial charge on any atom is -0.497 e. The van der Waals surface area contributed by atoms with Gasteiger partial charge in [0.15, 0.2) is 5.17 Å². The lowest BCUT2D eigenvalue weighted by molar-refractivity contribution is -0.527. The third-order valence-corrected chi connectivity index (χ3v) is 5.90. The minimum atomic E-state index is -0.0765. The number of aliphatic imine (C=N–C) groups is 1. The molecule has 0 amide bonds. The summed E-state index contributed by atoms with van der Waals surface area (Å²) in [7, 11) is 1.65. The normalized spacial score (nSPS) is 18.0. The maximum atomic E-state index is 10.6. The van der Waals surface area contributed by atoms with Crippen molar-refractivity contribution >= 4 is 28.5 Å². The van der Waals surface area contributed by atoms with Gasteiger partial charge in [0, 0.05) is 0 Å². The predicted molar refractivity (Wildman–Crippen MR) is 122 cm³/mol. The van der Waals surface area contributed by atoms with E-state index in [1.807, 2.05) is 72.8 Å². The first kappa shape index (κ1) is 20.0. The Bertz CT molecular complexity index is 1020. The van der Waals surface area contributed by atoms with Crippen LogP contribution >= 0.6 is 11.8 Å². The van der Waals surface area contributed by atoms with E-state index in [2.05, 4.69) is 22.0 Å². The molecule has 0 aromatic heterocycles. The Morgan fingerprint density at radius 3 is 2.37 bits per heavy atom. The Labute approximate surface area is 180 Å². The summed E-state index contributed by atoms with van der Waals surface area (Å²) in [6, 6.07) is 27.5. The maximum Gasteiger partial charge on any atom is 0.367 e. The van der Waals surface area contributed by atoms with Crippen molar-refractivity contribution in [2.24, 2.45) is 4.99 Å². The molecule has 0 aliphatic carbocycles. The molecule has 1 saturated heterocycles. The van der Waals surface area contributed by atoms with Gasteiger partial charge in [-0.05, 0) is 42.0 Å². The summed E-state index contributed by atoms with van der Waals surface area (Å²) in [6.07, 6.45) is -0.0765. The van der Waals surface area contributed by atoms with E-state index >= 15 is 0 Å². The second-order valence-corrected chi connectivity index (χ2v) is 7.88. The number of aliphatic hydroxyl groups excluding tert-OH is 1. The summed E-state index contributed by atoms with van der Waals surface area (Å²) in [5, 5.41) is 11.5. The number of benzene rings is 3. The largest absolute Gasteiger partial charge is 0.497 e. The molecule has 1 atom stereocenters. The summed E-state index contributed by atoms with van der Waals surface area (Å²) in [5.41, 5.74) is 2.82. The molecule has 0 bridgehead atoms. The number of rotatable bonds is 6. The maximum absolute atomic E-state index is 10.6. The molecule has 1 unspecified atom stereocenters. The van der Waals surface area contributed by atoms with Crippen molar-refractivity contribution in [2.75, 3.05) is 12.9 Å². The second-order valence-electron chi connectivity index (χ2n) is 6.89. The van der Waals surface area contributed by atoms with Gasteiger partial charge >= 0.3 is 5.90 Å². The predicted octanol–water partition coefficient (Wildman–Crippen LogP) is 3.34. The molecule has 1 fully saturated rings. The average molecular weight is 419 g/mol. The lowest BCUT2D eigenvalue weighted by atomic mass is 10.2. The zero-order chi connectivity index (χ0) is 20.8. The fourth-order valence-corrected chi connectivity index (χ4v) is 4.34. The van der Waals surface area contributed by atoms with E-state index < -0.39 is 0 Å². The van der Waals surface area contributed by atoms with Crippen LogP contribution in [0.4, 0.5) is 5.69 Å².